The lowest BCUT2D eigenvalue weighted by atomic mass is 10.1. The first kappa shape index (κ1) is 26.1. The SMILES string of the molecule is CC(C)(C)OC(=O)N1CCOC(c2ccc(NC(=O)c3cnn(-c4cc(C(F)(F)F)ccn4)c3)cc2)C1. The van der Waals surface area contributed by atoms with Crippen molar-refractivity contribution in [2.24, 2.45) is 0 Å². The van der Waals surface area contributed by atoms with E-state index >= 15 is 0 Å². The molecule has 0 radical (unpaired) electrons. The number of pyridine rings is 1. The monoisotopic (exact) mass is 517 g/mol. The summed E-state index contributed by atoms with van der Waals surface area (Å²) in [5.74, 6) is -0.554. The van der Waals surface area contributed by atoms with Crippen LogP contribution < -0.4 is 5.32 Å². The smallest absolute Gasteiger partial charge is 0.416 e. The summed E-state index contributed by atoms with van der Waals surface area (Å²) in [4.78, 5) is 30.5. The molecule has 1 aliphatic heterocycles. The van der Waals surface area contributed by atoms with Crippen molar-refractivity contribution in [3.05, 3.63) is 71.7 Å². The van der Waals surface area contributed by atoms with Gasteiger partial charge in [-0.25, -0.2) is 14.5 Å². The summed E-state index contributed by atoms with van der Waals surface area (Å²) in [5, 5.41) is 6.68. The number of hydrogen-bond acceptors (Lipinski definition) is 6. The molecule has 1 saturated heterocycles. The second-order valence-corrected chi connectivity index (χ2v) is 9.44. The van der Waals surface area contributed by atoms with Crippen molar-refractivity contribution in [3.8, 4) is 5.82 Å². The second-order valence-electron chi connectivity index (χ2n) is 9.44. The number of amides is 2. The molecule has 0 bridgehead atoms. The van der Waals surface area contributed by atoms with Gasteiger partial charge in [0.1, 0.15) is 11.7 Å². The minimum atomic E-state index is -4.52. The van der Waals surface area contributed by atoms with Gasteiger partial charge in [0.15, 0.2) is 5.82 Å². The highest BCUT2D eigenvalue weighted by molar-refractivity contribution is 6.04. The Kier molecular flexibility index (Phi) is 7.21. The molecule has 0 saturated carbocycles. The van der Waals surface area contributed by atoms with E-state index in [-0.39, 0.29) is 17.5 Å². The third-order valence-corrected chi connectivity index (χ3v) is 5.41. The topological polar surface area (TPSA) is 98.6 Å². The van der Waals surface area contributed by atoms with Gasteiger partial charge in [0.05, 0.1) is 30.5 Å². The first-order valence-corrected chi connectivity index (χ1v) is 11.5. The molecule has 1 fully saturated rings. The number of nitrogens with one attached hydrogen (secondary N) is 1. The number of morpholine rings is 1. The average molecular weight is 518 g/mol. The van der Waals surface area contributed by atoms with Gasteiger partial charge in [0, 0.05) is 24.6 Å². The van der Waals surface area contributed by atoms with E-state index < -0.39 is 29.3 Å². The van der Waals surface area contributed by atoms with E-state index in [0.29, 0.717) is 25.4 Å². The lowest BCUT2D eigenvalue weighted by molar-refractivity contribution is -0.137. The number of benzene rings is 1. The van der Waals surface area contributed by atoms with Gasteiger partial charge in [-0.05, 0) is 50.6 Å². The van der Waals surface area contributed by atoms with E-state index in [1.54, 1.807) is 29.2 Å². The van der Waals surface area contributed by atoms with E-state index in [9.17, 15) is 22.8 Å². The number of ether oxygens (including phenoxy) is 2. The van der Waals surface area contributed by atoms with Crippen molar-refractivity contribution >= 4 is 17.7 Å². The lowest BCUT2D eigenvalue weighted by Crippen LogP contribution is -2.44. The van der Waals surface area contributed by atoms with Crippen LogP contribution in [0.15, 0.2) is 55.0 Å². The fraction of sp³-hybridized carbons (Fsp3) is 0.360. The highest BCUT2D eigenvalue weighted by Crippen LogP contribution is 2.29. The third kappa shape index (κ3) is 6.64. The van der Waals surface area contributed by atoms with Gasteiger partial charge in [-0.15, -0.1) is 0 Å². The largest absolute Gasteiger partial charge is 0.444 e. The van der Waals surface area contributed by atoms with E-state index in [1.165, 1.54) is 12.4 Å². The molecular weight excluding hydrogens is 491 g/mol. The van der Waals surface area contributed by atoms with Crippen LogP contribution in [-0.4, -0.2) is 57.0 Å². The fourth-order valence-corrected chi connectivity index (χ4v) is 3.61. The first-order chi connectivity index (χ1) is 17.4. The number of anilines is 1. The number of nitrogens with zero attached hydrogens (tertiary/aromatic N) is 4. The highest BCUT2D eigenvalue weighted by Gasteiger charge is 2.31. The van der Waals surface area contributed by atoms with Crippen molar-refractivity contribution in [2.45, 2.75) is 38.7 Å². The maximum Gasteiger partial charge on any atom is 0.416 e. The molecule has 1 atom stereocenters. The van der Waals surface area contributed by atoms with Crippen LogP contribution in [0.3, 0.4) is 0 Å². The normalized spacial score (nSPS) is 16.4. The van der Waals surface area contributed by atoms with Crippen molar-refractivity contribution in [1.82, 2.24) is 19.7 Å². The van der Waals surface area contributed by atoms with Gasteiger partial charge >= 0.3 is 12.3 Å². The maximum atomic E-state index is 13.0. The Hall–Kier alpha value is -3.93. The Morgan fingerprint density at radius 3 is 2.54 bits per heavy atom. The zero-order chi connectivity index (χ0) is 26.8. The number of alkyl halides is 3. The van der Waals surface area contributed by atoms with Crippen LogP contribution >= 0.6 is 0 Å². The van der Waals surface area contributed by atoms with Gasteiger partial charge in [-0.2, -0.15) is 18.3 Å². The van der Waals surface area contributed by atoms with Gasteiger partial charge in [0.2, 0.25) is 0 Å². The van der Waals surface area contributed by atoms with Crippen LogP contribution in [0.2, 0.25) is 0 Å². The van der Waals surface area contributed by atoms with Crippen molar-refractivity contribution in [2.75, 3.05) is 25.0 Å². The Bertz CT molecular complexity index is 1270. The molecule has 4 rings (SSSR count). The Morgan fingerprint density at radius 1 is 1.14 bits per heavy atom. The molecule has 3 heterocycles. The summed E-state index contributed by atoms with van der Waals surface area (Å²) in [6.45, 7) is 6.56. The van der Waals surface area contributed by atoms with Gasteiger partial charge in [0.25, 0.3) is 5.91 Å². The van der Waals surface area contributed by atoms with Crippen molar-refractivity contribution in [3.63, 3.8) is 0 Å². The summed E-state index contributed by atoms with van der Waals surface area (Å²) in [6, 6.07) is 8.68. The molecule has 9 nitrogen and oxygen atoms in total. The number of carbonyl (C=O) groups is 2. The van der Waals surface area contributed by atoms with E-state index in [0.717, 1.165) is 28.6 Å². The Labute approximate surface area is 211 Å². The maximum absolute atomic E-state index is 13.0. The number of carbonyl (C=O) groups excluding carboxylic acids is 2. The molecule has 1 N–H and O–H groups in total. The zero-order valence-corrected chi connectivity index (χ0v) is 20.5. The minimum absolute atomic E-state index is 0.0638. The molecule has 0 spiro atoms. The summed E-state index contributed by atoms with van der Waals surface area (Å²) in [5.41, 5.74) is 0.0144. The molecular formula is C25H26F3N5O4. The number of halogens is 3. The Balaban J connectivity index is 1.38. The van der Waals surface area contributed by atoms with Gasteiger partial charge < -0.3 is 19.7 Å². The van der Waals surface area contributed by atoms with E-state index in [4.69, 9.17) is 9.47 Å². The molecule has 0 aliphatic carbocycles. The quantitative estimate of drug-likeness (QED) is 0.532. The first-order valence-electron chi connectivity index (χ1n) is 11.5. The third-order valence-electron chi connectivity index (χ3n) is 5.41. The van der Waals surface area contributed by atoms with E-state index in [2.05, 4.69) is 15.4 Å². The molecule has 2 aromatic heterocycles. The molecule has 1 aliphatic rings. The van der Waals surface area contributed by atoms with Crippen molar-refractivity contribution < 1.29 is 32.2 Å². The summed E-state index contributed by atoms with van der Waals surface area (Å²) < 4.78 is 51.3. The summed E-state index contributed by atoms with van der Waals surface area (Å²) in [7, 11) is 0. The number of aromatic nitrogens is 3. The highest BCUT2D eigenvalue weighted by atomic mass is 19.4. The molecule has 3 aromatic rings. The molecule has 1 aromatic carbocycles. The van der Waals surface area contributed by atoms with Crippen LogP contribution in [0.1, 0.15) is 48.4 Å². The van der Waals surface area contributed by atoms with Crippen LogP contribution in [-0.2, 0) is 15.7 Å². The van der Waals surface area contributed by atoms with Gasteiger partial charge in [-0.3, -0.25) is 4.79 Å². The standard InChI is InChI=1S/C25H26F3N5O4/c1-24(2,3)37-23(35)32-10-11-36-20(15-32)16-4-6-19(7-5-16)31-22(34)17-13-30-33(14-17)21-12-18(8-9-29-21)25(26,27)28/h4-9,12-14,20H,10-11,15H2,1-3H3,(H,31,34). The van der Waals surface area contributed by atoms with Crippen LogP contribution in [0.4, 0.5) is 23.7 Å². The number of hydrogen-bond donors (Lipinski definition) is 1. The Morgan fingerprint density at radius 2 is 1.86 bits per heavy atom. The molecule has 12 heteroatoms. The van der Waals surface area contributed by atoms with Crippen LogP contribution in [0.25, 0.3) is 5.82 Å². The molecule has 196 valence electrons. The predicted octanol–water partition coefficient (Wildman–Crippen LogP) is 4.85. The summed E-state index contributed by atoms with van der Waals surface area (Å²) in [6.07, 6.45) is -1.69. The molecule has 1 unspecified atom stereocenters. The average Bonchev–Trinajstić information content (AvgIpc) is 3.34. The minimum Gasteiger partial charge on any atom is -0.444 e. The lowest BCUT2D eigenvalue weighted by Gasteiger charge is -2.34. The summed E-state index contributed by atoms with van der Waals surface area (Å²) >= 11 is 0. The van der Waals surface area contributed by atoms with Crippen LogP contribution in [0, 0.1) is 0 Å². The van der Waals surface area contributed by atoms with Crippen molar-refractivity contribution in [1.29, 1.82) is 0 Å². The van der Waals surface area contributed by atoms with Crippen LogP contribution in [0.5, 0.6) is 0 Å². The zero-order valence-electron chi connectivity index (χ0n) is 20.5. The van der Waals surface area contributed by atoms with Gasteiger partial charge in [-0.1, -0.05) is 12.1 Å². The molecule has 2 amide bonds. The predicted molar refractivity (Wildman–Crippen MR) is 127 cm³/mol. The van der Waals surface area contributed by atoms with E-state index in [1.807, 2.05) is 20.8 Å². The second kappa shape index (κ2) is 10.2. The fourth-order valence-electron chi connectivity index (χ4n) is 3.61. The number of rotatable bonds is 4. The molecule has 37 heavy (non-hydrogen) atoms.